The van der Waals surface area contributed by atoms with Gasteiger partial charge in [0.25, 0.3) is 0 Å². The van der Waals surface area contributed by atoms with Gasteiger partial charge >= 0.3 is 0 Å². The van der Waals surface area contributed by atoms with Crippen molar-refractivity contribution in [3.8, 4) is 0 Å². The van der Waals surface area contributed by atoms with Crippen molar-refractivity contribution >= 4 is 0 Å². The fourth-order valence-electron chi connectivity index (χ4n) is 4.15. The van der Waals surface area contributed by atoms with Gasteiger partial charge in [0.1, 0.15) is 0 Å². The predicted molar refractivity (Wildman–Crippen MR) is 80.9 cm³/mol. The van der Waals surface area contributed by atoms with Gasteiger partial charge < -0.3 is 14.8 Å². The maximum atomic E-state index is 6.07. The number of ether oxygens (including phenoxy) is 2. The van der Waals surface area contributed by atoms with Crippen molar-refractivity contribution in [2.75, 3.05) is 26.9 Å². The summed E-state index contributed by atoms with van der Waals surface area (Å²) in [5.74, 6) is 0.735. The van der Waals surface area contributed by atoms with Crippen molar-refractivity contribution < 1.29 is 9.47 Å². The van der Waals surface area contributed by atoms with Gasteiger partial charge in [-0.15, -0.1) is 0 Å². The van der Waals surface area contributed by atoms with E-state index in [0.29, 0.717) is 6.04 Å². The minimum absolute atomic E-state index is 0.0406. The van der Waals surface area contributed by atoms with Crippen LogP contribution in [-0.2, 0) is 9.47 Å². The monoisotopic (exact) mass is 279 g/mol. The molecular formula is C17H29NO2. The molecule has 1 spiro atoms. The molecule has 3 rings (SSSR count). The molecule has 0 radical (unpaired) electrons. The van der Waals surface area contributed by atoms with E-state index in [2.05, 4.69) is 18.4 Å². The van der Waals surface area contributed by atoms with E-state index in [1.54, 1.807) is 5.57 Å². The van der Waals surface area contributed by atoms with Crippen LogP contribution in [0.15, 0.2) is 11.6 Å². The molecule has 3 heteroatoms. The van der Waals surface area contributed by atoms with E-state index in [0.717, 1.165) is 32.2 Å². The van der Waals surface area contributed by atoms with Gasteiger partial charge in [0.05, 0.1) is 12.2 Å². The first-order chi connectivity index (χ1) is 9.81. The van der Waals surface area contributed by atoms with Crippen molar-refractivity contribution in [1.29, 1.82) is 0 Å². The smallest absolute Gasteiger partial charge is 0.0939 e. The largest absolute Gasteiger partial charge is 0.378 e. The van der Waals surface area contributed by atoms with Gasteiger partial charge in [-0.2, -0.15) is 0 Å². The van der Waals surface area contributed by atoms with Crippen LogP contribution < -0.4 is 5.32 Å². The molecule has 3 nitrogen and oxygen atoms in total. The fraction of sp³-hybridized carbons (Fsp3) is 0.882. The Morgan fingerprint density at radius 2 is 2.35 bits per heavy atom. The lowest BCUT2D eigenvalue weighted by Gasteiger charge is -2.40. The molecule has 1 aliphatic carbocycles. The molecule has 3 atom stereocenters. The lowest BCUT2D eigenvalue weighted by atomic mass is 9.78. The molecule has 0 amide bonds. The van der Waals surface area contributed by atoms with Crippen LogP contribution in [0.2, 0.25) is 0 Å². The Morgan fingerprint density at radius 3 is 3.05 bits per heavy atom. The summed E-state index contributed by atoms with van der Waals surface area (Å²) in [5.41, 5.74) is 1.72. The third-order valence-corrected chi connectivity index (χ3v) is 5.41. The number of allylic oxidation sites excluding steroid dienone is 1. The highest BCUT2D eigenvalue weighted by Crippen LogP contribution is 2.38. The Morgan fingerprint density at radius 1 is 1.40 bits per heavy atom. The Bertz CT molecular complexity index is 347. The summed E-state index contributed by atoms with van der Waals surface area (Å²) < 4.78 is 11.7. The minimum atomic E-state index is 0.0406. The van der Waals surface area contributed by atoms with Crippen molar-refractivity contribution in [3.63, 3.8) is 0 Å². The molecule has 2 heterocycles. The second-order valence-corrected chi connectivity index (χ2v) is 6.79. The minimum Gasteiger partial charge on any atom is -0.378 e. The quantitative estimate of drug-likeness (QED) is 0.802. The van der Waals surface area contributed by atoms with Gasteiger partial charge in [-0.1, -0.05) is 11.6 Å². The Balaban J connectivity index is 1.61. The van der Waals surface area contributed by atoms with Gasteiger partial charge in [-0.05, 0) is 57.9 Å². The zero-order chi connectivity index (χ0) is 13.8. The lowest BCUT2D eigenvalue weighted by Crippen LogP contribution is -2.46. The fourth-order valence-corrected chi connectivity index (χ4v) is 4.15. The summed E-state index contributed by atoms with van der Waals surface area (Å²) in [5, 5.41) is 3.59. The van der Waals surface area contributed by atoms with E-state index in [4.69, 9.17) is 9.47 Å². The highest BCUT2D eigenvalue weighted by molar-refractivity contribution is 5.08. The third-order valence-electron chi connectivity index (χ3n) is 5.41. The molecule has 114 valence electrons. The zero-order valence-electron chi connectivity index (χ0n) is 12.8. The van der Waals surface area contributed by atoms with Crippen LogP contribution >= 0.6 is 0 Å². The maximum Gasteiger partial charge on any atom is 0.0939 e. The average Bonchev–Trinajstić information content (AvgIpc) is 2.93. The number of hydrogen-bond donors (Lipinski definition) is 1. The molecule has 2 saturated heterocycles. The number of rotatable bonds is 4. The van der Waals surface area contributed by atoms with Crippen molar-refractivity contribution in [1.82, 2.24) is 5.32 Å². The van der Waals surface area contributed by atoms with E-state index in [1.165, 1.54) is 44.9 Å². The van der Waals surface area contributed by atoms with E-state index < -0.39 is 0 Å². The lowest BCUT2D eigenvalue weighted by molar-refractivity contribution is -0.102. The van der Waals surface area contributed by atoms with Crippen LogP contribution in [0.25, 0.3) is 0 Å². The summed E-state index contributed by atoms with van der Waals surface area (Å²) in [6.07, 6.45) is 12.5. The normalized spacial score (nSPS) is 36.0. The molecule has 0 aromatic carbocycles. The SMILES string of the molecule is CNC(CC1=CCCCC1)C1CCOC2(CCOC2)C1. The van der Waals surface area contributed by atoms with E-state index in [1.807, 2.05) is 0 Å². The van der Waals surface area contributed by atoms with Gasteiger partial charge in [0, 0.05) is 25.7 Å². The van der Waals surface area contributed by atoms with E-state index in [9.17, 15) is 0 Å². The van der Waals surface area contributed by atoms with Crippen molar-refractivity contribution in [2.45, 2.75) is 63.0 Å². The first kappa shape index (κ1) is 14.6. The maximum absolute atomic E-state index is 6.07. The van der Waals surface area contributed by atoms with Crippen molar-refractivity contribution in [3.05, 3.63) is 11.6 Å². The molecular weight excluding hydrogens is 250 g/mol. The summed E-state index contributed by atoms with van der Waals surface area (Å²) in [6.45, 7) is 2.59. The standard InChI is InChI=1S/C17H29NO2/c1-18-16(11-14-5-3-2-4-6-14)15-7-9-20-17(12-15)8-10-19-13-17/h5,15-16,18H,2-4,6-13H2,1H3. The predicted octanol–water partition coefficient (Wildman–Crippen LogP) is 3.05. The van der Waals surface area contributed by atoms with E-state index in [-0.39, 0.29) is 5.60 Å². The van der Waals surface area contributed by atoms with Crippen LogP contribution in [-0.4, -0.2) is 38.5 Å². The van der Waals surface area contributed by atoms with Crippen LogP contribution in [0.1, 0.15) is 51.4 Å². The molecule has 2 aliphatic heterocycles. The molecule has 0 saturated carbocycles. The second kappa shape index (κ2) is 6.59. The summed E-state index contributed by atoms with van der Waals surface area (Å²) in [6, 6.07) is 0.612. The number of nitrogens with one attached hydrogen (secondary N) is 1. The topological polar surface area (TPSA) is 30.5 Å². The zero-order valence-corrected chi connectivity index (χ0v) is 12.8. The van der Waals surface area contributed by atoms with Gasteiger partial charge in [-0.3, -0.25) is 0 Å². The molecule has 0 aromatic heterocycles. The molecule has 2 fully saturated rings. The Kier molecular flexibility index (Phi) is 4.79. The molecule has 3 aliphatic rings. The highest BCUT2D eigenvalue weighted by Gasteiger charge is 2.42. The highest BCUT2D eigenvalue weighted by atomic mass is 16.6. The summed E-state index contributed by atoms with van der Waals surface area (Å²) >= 11 is 0. The average molecular weight is 279 g/mol. The van der Waals surface area contributed by atoms with Gasteiger partial charge in [0.15, 0.2) is 0 Å². The number of hydrogen-bond acceptors (Lipinski definition) is 3. The summed E-state index contributed by atoms with van der Waals surface area (Å²) in [7, 11) is 2.13. The Hall–Kier alpha value is -0.380. The molecule has 20 heavy (non-hydrogen) atoms. The first-order valence-corrected chi connectivity index (χ1v) is 8.38. The van der Waals surface area contributed by atoms with Crippen molar-refractivity contribution in [2.24, 2.45) is 5.92 Å². The second-order valence-electron chi connectivity index (χ2n) is 6.79. The molecule has 0 bridgehead atoms. The first-order valence-electron chi connectivity index (χ1n) is 8.38. The van der Waals surface area contributed by atoms with Gasteiger partial charge in [0.2, 0.25) is 0 Å². The van der Waals surface area contributed by atoms with Crippen LogP contribution in [0, 0.1) is 5.92 Å². The Labute approximate surface area is 123 Å². The van der Waals surface area contributed by atoms with Crippen LogP contribution in [0.5, 0.6) is 0 Å². The van der Waals surface area contributed by atoms with Crippen LogP contribution in [0.3, 0.4) is 0 Å². The third kappa shape index (κ3) is 3.26. The van der Waals surface area contributed by atoms with Crippen LogP contribution in [0.4, 0.5) is 0 Å². The molecule has 0 aromatic rings. The molecule has 1 N–H and O–H groups in total. The van der Waals surface area contributed by atoms with E-state index >= 15 is 0 Å². The molecule has 3 unspecified atom stereocenters. The van der Waals surface area contributed by atoms with Gasteiger partial charge in [-0.25, -0.2) is 0 Å². The summed E-state index contributed by atoms with van der Waals surface area (Å²) in [4.78, 5) is 0.